The zero-order valence-corrected chi connectivity index (χ0v) is 12.8. The molecule has 8 nitrogen and oxygen atoms in total. The summed E-state index contributed by atoms with van der Waals surface area (Å²) < 4.78 is 10.2. The van der Waals surface area contributed by atoms with Crippen LogP contribution in [0.2, 0.25) is 0 Å². The second-order valence-corrected chi connectivity index (χ2v) is 5.47. The van der Waals surface area contributed by atoms with Gasteiger partial charge < -0.3 is 19.2 Å². The fraction of sp³-hybridized carbons (Fsp3) is 0.312. The van der Waals surface area contributed by atoms with E-state index in [1.54, 1.807) is 12.1 Å². The number of benzene rings is 1. The van der Waals surface area contributed by atoms with Crippen LogP contribution in [0.1, 0.15) is 23.4 Å². The molecule has 0 atom stereocenters. The molecule has 8 heteroatoms. The SMILES string of the molecule is O=C(Oc1ccccc1N1CCC(O)CC1)c1ccc([N+](=O)[O-])o1. The summed E-state index contributed by atoms with van der Waals surface area (Å²) >= 11 is 0. The topological polar surface area (TPSA) is 106 Å². The Bertz CT molecular complexity index is 749. The van der Waals surface area contributed by atoms with Crippen molar-refractivity contribution in [1.29, 1.82) is 0 Å². The molecule has 3 rings (SSSR count). The number of nitro groups is 1. The second-order valence-electron chi connectivity index (χ2n) is 5.47. The van der Waals surface area contributed by atoms with Gasteiger partial charge in [0.1, 0.15) is 4.92 Å². The molecule has 1 fully saturated rings. The van der Waals surface area contributed by atoms with Crippen molar-refractivity contribution in [2.75, 3.05) is 18.0 Å². The summed E-state index contributed by atoms with van der Waals surface area (Å²) in [5, 5.41) is 20.2. The number of aliphatic hydroxyl groups is 1. The van der Waals surface area contributed by atoms with Gasteiger partial charge in [-0.1, -0.05) is 12.1 Å². The number of ether oxygens (including phenoxy) is 1. The molecule has 24 heavy (non-hydrogen) atoms. The number of hydrogen-bond donors (Lipinski definition) is 1. The lowest BCUT2D eigenvalue weighted by Crippen LogP contribution is -2.36. The molecule has 0 saturated carbocycles. The van der Waals surface area contributed by atoms with Crippen LogP contribution < -0.4 is 9.64 Å². The number of rotatable bonds is 4. The second kappa shape index (κ2) is 6.71. The molecule has 0 unspecified atom stereocenters. The van der Waals surface area contributed by atoms with Crippen molar-refractivity contribution in [1.82, 2.24) is 0 Å². The van der Waals surface area contributed by atoms with Gasteiger partial charge >= 0.3 is 11.9 Å². The van der Waals surface area contributed by atoms with Gasteiger partial charge in [-0.25, -0.2) is 4.79 Å². The maximum Gasteiger partial charge on any atom is 0.433 e. The van der Waals surface area contributed by atoms with Crippen molar-refractivity contribution in [2.24, 2.45) is 0 Å². The van der Waals surface area contributed by atoms with Gasteiger partial charge in [0.05, 0.1) is 17.9 Å². The van der Waals surface area contributed by atoms with Crippen molar-refractivity contribution in [3.63, 3.8) is 0 Å². The highest BCUT2D eigenvalue weighted by atomic mass is 16.7. The van der Waals surface area contributed by atoms with Gasteiger partial charge in [-0.05, 0) is 31.0 Å². The molecule has 0 radical (unpaired) electrons. The molecule has 126 valence electrons. The smallest absolute Gasteiger partial charge is 0.418 e. The normalized spacial score (nSPS) is 15.3. The van der Waals surface area contributed by atoms with E-state index >= 15 is 0 Å². The summed E-state index contributed by atoms with van der Waals surface area (Å²) in [6.07, 6.45) is 0.985. The van der Waals surface area contributed by atoms with Crippen molar-refractivity contribution in [3.05, 3.63) is 52.3 Å². The third-order valence-corrected chi connectivity index (χ3v) is 3.85. The van der Waals surface area contributed by atoms with E-state index in [0.717, 1.165) is 11.8 Å². The number of anilines is 1. The number of piperidine rings is 1. The molecule has 0 amide bonds. The minimum Gasteiger partial charge on any atom is -0.418 e. The fourth-order valence-electron chi connectivity index (χ4n) is 2.60. The molecule has 1 N–H and O–H groups in total. The molecule has 2 aromatic rings. The number of esters is 1. The number of carbonyl (C=O) groups excluding carboxylic acids is 1. The third kappa shape index (κ3) is 3.38. The minimum absolute atomic E-state index is 0.231. The first-order valence-electron chi connectivity index (χ1n) is 7.53. The van der Waals surface area contributed by atoms with Crippen molar-refractivity contribution in [3.8, 4) is 5.75 Å². The van der Waals surface area contributed by atoms with E-state index in [0.29, 0.717) is 31.7 Å². The highest BCUT2D eigenvalue weighted by Crippen LogP contribution is 2.31. The molecule has 0 aliphatic carbocycles. The zero-order chi connectivity index (χ0) is 17.1. The van der Waals surface area contributed by atoms with Gasteiger partial charge in [-0.15, -0.1) is 0 Å². The molecule has 1 aliphatic heterocycles. The monoisotopic (exact) mass is 332 g/mol. The maximum atomic E-state index is 12.1. The minimum atomic E-state index is -0.799. The van der Waals surface area contributed by atoms with E-state index in [-0.39, 0.29) is 11.9 Å². The number of aliphatic hydroxyl groups excluding tert-OH is 1. The molecule has 1 saturated heterocycles. The van der Waals surface area contributed by atoms with Crippen molar-refractivity contribution in [2.45, 2.75) is 18.9 Å². The van der Waals surface area contributed by atoms with Gasteiger partial charge in [0, 0.05) is 13.1 Å². The number of carbonyl (C=O) groups is 1. The van der Waals surface area contributed by atoms with Gasteiger partial charge in [0.2, 0.25) is 5.76 Å². The molecule has 1 aromatic heterocycles. The predicted molar refractivity (Wildman–Crippen MR) is 84.2 cm³/mol. The summed E-state index contributed by atoms with van der Waals surface area (Å²) in [5.74, 6) is -1.20. The average Bonchev–Trinajstić information content (AvgIpc) is 3.07. The Labute approximate surface area is 137 Å². The Morgan fingerprint density at radius 2 is 1.96 bits per heavy atom. The maximum absolute atomic E-state index is 12.1. The van der Waals surface area contributed by atoms with Crippen LogP contribution in [-0.4, -0.2) is 35.2 Å². The van der Waals surface area contributed by atoms with E-state index in [4.69, 9.17) is 9.15 Å². The Morgan fingerprint density at radius 1 is 1.25 bits per heavy atom. The lowest BCUT2D eigenvalue weighted by atomic mass is 10.1. The first-order chi connectivity index (χ1) is 11.5. The summed E-state index contributed by atoms with van der Waals surface area (Å²) in [5.41, 5.74) is 0.735. The Morgan fingerprint density at radius 3 is 2.62 bits per heavy atom. The Hall–Kier alpha value is -2.87. The van der Waals surface area contributed by atoms with Crippen molar-refractivity contribution >= 4 is 17.5 Å². The Balaban J connectivity index is 1.77. The van der Waals surface area contributed by atoms with E-state index in [1.165, 1.54) is 6.07 Å². The van der Waals surface area contributed by atoms with Crippen LogP contribution in [0.3, 0.4) is 0 Å². The molecule has 0 bridgehead atoms. The van der Waals surface area contributed by atoms with Crippen LogP contribution in [0, 0.1) is 10.1 Å². The summed E-state index contributed by atoms with van der Waals surface area (Å²) in [6.45, 7) is 1.31. The number of para-hydroxylation sites is 2. The number of hydrogen-bond acceptors (Lipinski definition) is 7. The average molecular weight is 332 g/mol. The summed E-state index contributed by atoms with van der Waals surface area (Å²) in [6, 6.07) is 9.35. The molecule has 1 aromatic carbocycles. The van der Waals surface area contributed by atoms with E-state index in [1.807, 2.05) is 17.0 Å². The lowest BCUT2D eigenvalue weighted by molar-refractivity contribution is -0.402. The quantitative estimate of drug-likeness (QED) is 0.396. The highest BCUT2D eigenvalue weighted by molar-refractivity contribution is 5.89. The largest absolute Gasteiger partial charge is 0.433 e. The van der Waals surface area contributed by atoms with Gasteiger partial charge in [-0.2, -0.15) is 0 Å². The van der Waals surface area contributed by atoms with Crippen LogP contribution in [-0.2, 0) is 0 Å². The number of nitrogens with zero attached hydrogens (tertiary/aromatic N) is 2. The van der Waals surface area contributed by atoms with Gasteiger partial charge in [0.15, 0.2) is 5.75 Å². The Kier molecular flexibility index (Phi) is 4.48. The van der Waals surface area contributed by atoms with Crippen LogP contribution in [0.15, 0.2) is 40.8 Å². The summed E-state index contributed by atoms with van der Waals surface area (Å²) in [7, 11) is 0. The van der Waals surface area contributed by atoms with E-state index in [2.05, 4.69) is 0 Å². The van der Waals surface area contributed by atoms with E-state index < -0.39 is 16.8 Å². The molecule has 2 heterocycles. The van der Waals surface area contributed by atoms with Crippen LogP contribution >= 0.6 is 0 Å². The van der Waals surface area contributed by atoms with Crippen LogP contribution in [0.5, 0.6) is 5.75 Å². The highest BCUT2D eigenvalue weighted by Gasteiger charge is 2.23. The zero-order valence-electron chi connectivity index (χ0n) is 12.8. The van der Waals surface area contributed by atoms with Crippen LogP contribution in [0.25, 0.3) is 0 Å². The first-order valence-corrected chi connectivity index (χ1v) is 7.53. The van der Waals surface area contributed by atoms with Gasteiger partial charge in [0.25, 0.3) is 0 Å². The predicted octanol–water partition coefficient (Wildman–Crippen LogP) is 2.37. The third-order valence-electron chi connectivity index (χ3n) is 3.85. The number of furan rings is 1. The molecular formula is C16H16N2O6. The van der Waals surface area contributed by atoms with Gasteiger partial charge in [-0.3, -0.25) is 10.1 Å². The first kappa shape index (κ1) is 16.0. The van der Waals surface area contributed by atoms with Crippen molar-refractivity contribution < 1.29 is 24.0 Å². The lowest BCUT2D eigenvalue weighted by Gasteiger charge is -2.32. The molecular weight excluding hydrogens is 316 g/mol. The standard InChI is InChI=1S/C16H16N2O6/c19-11-7-9-17(10-8-11)12-3-1-2-4-13(12)24-16(20)14-5-6-15(23-14)18(21)22/h1-6,11,19H,7-10H2. The van der Waals surface area contributed by atoms with Crippen LogP contribution in [0.4, 0.5) is 11.6 Å². The fourth-order valence-corrected chi connectivity index (χ4v) is 2.60. The molecule has 0 spiro atoms. The molecule has 1 aliphatic rings. The van der Waals surface area contributed by atoms with E-state index in [9.17, 15) is 20.0 Å². The summed E-state index contributed by atoms with van der Waals surface area (Å²) in [4.78, 5) is 24.1.